The van der Waals surface area contributed by atoms with Gasteiger partial charge in [0.25, 0.3) is 0 Å². The Kier molecular flexibility index (Phi) is 4.12. The van der Waals surface area contributed by atoms with Crippen LogP contribution in [-0.4, -0.2) is 58.7 Å². The minimum atomic E-state index is 0.127. The number of rotatable bonds is 4. The van der Waals surface area contributed by atoms with E-state index in [0.717, 1.165) is 44.3 Å². The zero-order valence-electron chi connectivity index (χ0n) is 12.9. The van der Waals surface area contributed by atoms with Crippen LogP contribution in [0.1, 0.15) is 5.56 Å². The van der Waals surface area contributed by atoms with Gasteiger partial charge in [0.05, 0.1) is 19.3 Å². The van der Waals surface area contributed by atoms with Gasteiger partial charge < -0.3 is 14.2 Å². The van der Waals surface area contributed by atoms with Crippen LogP contribution in [0.2, 0.25) is 0 Å². The van der Waals surface area contributed by atoms with Crippen molar-refractivity contribution >= 4 is 0 Å². The molecular formula is C16H20N4O3. The van der Waals surface area contributed by atoms with E-state index in [9.17, 15) is 0 Å². The normalized spacial score (nSPS) is 21.3. The summed E-state index contributed by atoms with van der Waals surface area (Å²) in [6.45, 7) is 5.30. The smallest absolute Gasteiger partial charge is 0.165 e. The standard InChI is InChI=1S/C16H20N4O3/c1-2-13(16-15(3-1)22-6-7-23-16)8-19-4-5-21-14(9-19)10-20-12-17-11-18-20/h1-3,11-12,14H,4-10H2. The average Bonchev–Trinajstić information content (AvgIpc) is 3.09. The fourth-order valence-corrected chi connectivity index (χ4v) is 3.07. The van der Waals surface area contributed by atoms with Crippen LogP contribution in [0.15, 0.2) is 30.9 Å². The fourth-order valence-electron chi connectivity index (χ4n) is 3.07. The Balaban J connectivity index is 1.42. The zero-order chi connectivity index (χ0) is 15.5. The minimum absolute atomic E-state index is 0.127. The highest BCUT2D eigenvalue weighted by Gasteiger charge is 2.23. The third-order valence-corrected chi connectivity index (χ3v) is 4.12. The molecule has 0 N–H and O–H groups in total. The molecule has 4 rings (SSSR count). The van der Waals surface area contributed by atoms with E-state index in [0.29, 0.717) is 13.2 Å². The minimum Gasteiger partial charge on any atom is -0.486 e. The number of morpholine rings is 1. The quantitative estimate of drug-likeness (QED) is 0.837. The third-order valence-electron chi connectivity index (χ3n) is 4.12. The zero-order valence-corrected chi connectivity index (χ0v) is 12.9. The molecule has 7 nitrogen and oxygen atoms in total. The molecule has 2 aliphatic heterocycles. The Morgan fingerprint density at radius 2 is 2.13 bits per heavy atom. The summed E-state index contributed by atoms with van der Waals surface area (Å²) in [4.78, 5) is 6.36. The van der Waals surface area contributed by atoms with Gasteiger partial charge >= 0.3 is 0 Å². The molecule has 2 aliphatic rings. The Morgan fingerprint density at radius 3 is 3.04 bits per heavy atom. The van der Waals surface area contributed by atoms with E-state index in [1.165, 1.54) is 5.56 Å². The first kappa shape index (κ1) is 14.5. The van der Waals surface area contributed by atoms with E-state index in [2.05, 4.69) is 21.0 Å². The molecule has 1 unspecified atom stereocenters. The summed E-state index contributed by atoms with van der Waals surface area (Å²) in [5.41, 5.74) is 1.17. The van der Waals surface area contributed by atoms with E-state index in [-0.39, 0.29) is 6.10 Å². The summed E-state index contributed by atoms with van der Waals surface area (Å²) in [5.74, 6) is 1.74. The number of nitrogens with zero attached hydrogens (tertiary/aromatic N) is 4. The molecule has 0 spiro atoms. The third kappa shape index (κ3) is 3.30. The molecule has 0 aliphatic carbocycles. The van der Waals surface area contributed by atoms with Crippen molar-refractivity contribution in [1.82, 2.24) is 19.7 Å². The highest BCUT2D eigenvalue weighted by Crippen LogP contribution is 2.34. The first-order valence-corrected chi connectivity index (χ1v) is 7.92. The Morgan fingerprint density at radius 1 is 1.17 bits per heavy atom. The maximum Gasteiger partial charge on any atom is 0.165 e. The van der Waals surface area contributed by atoms with Gasteiger partial charge in [-0.2, -0.15) is 5.10 Å². The highest BCUT2D eigenvalue weighted by molar-refractivity contribution is 5.47. The van der Waals surface area contributed by atoms with Crippen molar-refractivity contribution in [1.29, 1.82) is 0 Å². The molecule has 23 heavy (non-hydrogen) atoms. The first-order valence-electron chi connectivity index (χ1n) is 7.92. The molecule has 0 bridgehead atoms. The summed E-state index contributed by atoms with van der Waals surface area (Å²) < 4.78 is 19.1. The van der Waals surface area contributed by atoms with Crippen LogP contribution in [0, 0.1) is 0 Å². The van der Waals surface area contributed by atoms with Crippen LogP contribution in [0.4, 0.5) is 0 Å². The van der Waals surface area contributed by atoms with Gasteiger partial charge in [0.2, 0.25) is 0 Å². The van der Waals surface area contributed by atoms with Crippen molar-refractivity contribution in [2.75, 3.05) is 32.9 Å². The molecule has 3 heterocycles. The van der Waals surface area contributed by atoms with Crippen molar-refractivity contribution in [2.24, 2.45) is 0 Å². The van der Waals surface area contributed by atoms with Gasteiger partial charge in [-0.3, -0.25) is 9.58 Å². The van der Waals surface area contributed by atoms with Crippen LogP contribution < -0.4 is 9.47 Å². The van der Waals surface area contributed by atoms with E-state index in [1.54, 1.807) is 12.7 Å². The number of ether oxygens (including phenoxy) is 3. The predicted molar refractivity (Wildman–Crippen MR) is 82.5 cm³/mol. The molecule has 0 saturated carbocycles. The molecule has 1 aromatic heterocycles. The summed E-state index contributed by atoms with van der Waals surface area (Å²) >= 11 is 0. The molecular weight excluding hydrogens is 296 g/mol. The van der Waals surface area contributed by atoms with Crippen molar-refractivity contribution in [3.8, 4) is 11.5 Å². The molecule has 7 heteroatoms. The van der Waals surface area contributed by atoms with Gasteiger partial charge in [0, 0.05) is 25.2 Å². The monoisotopic (exact) mass is 316 g/mol. The van der Waals surface area contributed by atoms with E-state index >= 15 is 0 Å². The lowest BCUT2D eigenvalue weighted by molar-refractivity contribution is -0.0405. The van der Waals surface area contributed by atoms with Gasteiger partial charge in [-0.15, -0.1) is 0 Å². The molecule has 2 aromatic rings. The maximum atomic E-state index is 5.85. The average molecular weight is 316 g/mol. The maximum absolute atomic E-state index is 5.85. The Labute approximate surface area is 134 Å². The van der Waals surface area contributed by atoms with Gasteiger partial charge in [0.1, 0.15) is 25.9 Å². The van der Waals surface area contributed by atoms with E-state index in [4.69, 9.17) is 14.2 Å². The highest BCUT2D eigenvalue weighted by atomic mass is 16.6. The molecule has 0 amide bonds. The molecule has 1 saturated heterocycles. The van der Waals surface area contributed by atoms with E-state index in [1.807, 2.05) is 16.8 Å². The number of benzene rings is 1. The summed E-state index contributed by atoms with van der Waals surface area (Å²) in [6.07, 6.45) is 3.40. The second-order valence-corrected chi connectivity index (χ2v) is 5.79. The van der Waals surface area contributed by atoms with Crippen LogP contribution in [0.5, 0.6) is 11.5 Å². The van der Waals surface area contributed by atoms with Crippen molar-refractivity contribution in [3.63, 3.8) is 0 Å². The molecule has 1 fully saturated rings. The molecule has 1 atom stereocenters. The van der Waals surface area contributed by atoms with Crippen LogP contribution >= 0.6 is 0 Å². The topological polar surface area (TPSA) is 61.6 Å². The molecule has 122 valence electrons. The number of hydrogen-bond acceptors (Lipinski definition) is 6. The predicted octanol–water partition coefficient (Wildman–Crippen LogP) is 0.950. The van der Waals surface area contributed by atoms with Crippen molar-refractivity contribution in [3.05, 3.63) is 36.4 Å². The Bertz CT molecular complexity index is 647. The Hall–Kier alpha value is -2.12. The number of para-hydroxylation sites is 1. The second kappa shape index (κ2) is 6.55. The summed E-state index contributed by atoms with van der Waals surface area (Å²) in [7, 11) is 0. The van der Waals surface area contributed by atoms with Crippen molar-refractivity contribution < 1.29 is 14.2 Å². The molecule has 1 aromatic carbocycles. The number of aromatic nitrogens is 3. The van der Waals surface area contributed by atoms with Gasteiger partial charge in [-0.1, -0.05) is 12.1 Å². The lowest BCUT2D eigenvalue weighted by Gasteiger charge is -2.33. The van der Waals surface area contributed by atoms with Crippen LogP contribution in [-0.2, 0) is 17.8 Å². The van der Waals surface area contributed by atoms with Gasteiger partial charge in [-0.25, -0.2) is 4.98 Å². The lowest BCUT2D eigenvalue weighted by atomic mass is 10.1. The van der Waals surface area contributed by atoms with Crippen LogP contribution in [0.25, 0.3) is 0 Å². The SMILES string of the molecule is c1cc(CN2CCOC(Cn3cncn3)C2)c2c(c1)OCCO2. The summed E-state index contributed by atoms with van der Waals surface area (Å²) in [5, 5.41) is 4.15. The van der Waals surface area contributed by atoms with Gasteiger partial charge in [0.15, 0.2) is 11.5 Å². The van der Waals surface area contributed by atoms with Gasteiger partial charge in [-0.05, 0) is 6.07 Å². The van der Waals surface area contributed by atoms with E-state index < -0.39 is 0 Å². The van der Waals surface area contributed by atoms with Crippen LogP contribution in [0.3, 0.4) is 0 Å². The number of hydrogen-bond donors (Lipinski definition) is 0. The first-order chi connectivity index (χ1) is 11.4. The van der Waals surface area contributed by atoms with Crippen molar-refractivity contribution in [2.45, 2.75) is 19.2 Å². The number of fused-ring (bicyclic) bond motifs is 1. The largest absolute Gasteiger partial charge is 0.486 e. The molecule has 0 radical (unpaired) electrons. The lowest BCUT2D eigenvalue weighted by Crippen LogP contribution is -2.43. The second-order valence-electron chi connectivity index (χ2n) is 5.79. The fraction of sp³-hybridized carbons (Fsp3) is 0.500. The summed E-state index contributed by atoms with van der Waals surface area (Å²) in [6, 6.07) is 6.09.